The first-order chi connectivity index (χ1) is 16.0. The van der Waals surface area contributed by atoms with E-state index in [1.165, 1.54) is 24.3 Å². The van der Waals surface area contributed by atoms with E-state index in [1.807, 2.05) is 16.7 Å². The van der Waals surface area contributed by atoms with Crippen molar-refractivity contribution in [1.29, 1.82) is 0 Å². The summed E-state index contributed by atoms with van der Waals surface area (Å²) in [5.41, 5.74) is 3.08. The summed E-state index contributed by atoms with van der Waals surface area (Å²) in [6.45, 7) is 3.84. The van der Waals surface area contributed by atoms with Crippen LogP contribution < -0.4 is 4.90 Å². The van der Waals surface area contributed by atoms with Crippen molar-refractivity contribution >= 4 is 22.4 Å². The number of rotatable bonds is 5. The van der Waals surface area contributed by atoms with E-state index in [1.54, 1.807) is 30.3 Å². The molecule has 0 aliphatic carbocycles. The average Bonchev–Trinajstić information content (AvgIpc) is 3.17. The summed E-state index contributed by atoms with van der Waals surface area (Å²) in [6, 6.07) is 18.0. The van der Waals surface area contributed by atoms with Crippen LogP contribution in [0, 0.1) is 15.9 Å². The lowest BCUT2D eigenvalue weighted by atomic mass is 10.2. The van der Waals surface area contributed by atoms with E-state index >= 15 is 0 Å². The molecule has 8 nitrogen and oxygen atoms in total. The van der Waals surface area contributed by atoms with E-state index in [9.17, 15) is 19.6 Å². The number of nitro benzene ring substituents is 1. The van der Waals surface area contributed by atoms with E-state index in [2.05, 4.69) is 9.80 Å². The monoisotopic (exact) mass is 447 g/mol. The molecule has 0 amide bonds. The minimum atomic E-state index is -0.432. The highest BCUT2D eigenvalue weighted by molar-refractivity contribution is 5.80. The Bertz CT molecular complexity index is 1300. The van der Waals surface area contributed by atoms with Crippen LogP contribution in [-0.4, -0.2) is 50.7 Å². The van der Waals surface area contributed by atoms with Gasteiger partial charge in [-0.15, -0.1) is 0 Å². The van der Waals surface area contributed by atoms with Gasteiger partial charge in [0.05, 0.1) is 22.5 Å². The van der Waals surface area contributed by atoms with Crippen molar-refractivity contribution in [2.24, 2.45) is 0 Å². The number of anilines is 1. The normalized spacial score (nSPS) is 14.6. The lowest BCUT2D eigenvalue weighted by molar-refractivity contribution is -0.384. The minimum absolute atomic E-state index is 0.0136. The number of halogens is 1. The number of nitro groups is 1. The molecule has 0 atom stereocenters. The Balaban J connectivity index is 1.42. The Kier molecular flexibility index (Phi) is 5.39. The van der Waals surface area contributed by atoms with E-state index in [0.717, 1.165) is 48.9 Å². The average molecular weight is 447 g/mol. The summed E-state index contributed by atoms with van der Waals surface area (Å²) < 4.78 is 15.5. The Hall–Kier alpha value is -3.98. The maximum atomic E-state index is 13.5. The highest BCUT2D eigenvalue weighted by Gasteiger charge is 2.22. The summed E-state index contributed by atoms with van der Waals surface area (Å²) in [7, 11) is 0. The van der Waals surface area contributed by atoms with Crippen LogP contribution in [0.15, 0.2) is 66.7 Å². The second-order valence-electron chi connectivity index (χ2n) is 8.05. The molecule has 1 aromatic heterocycles. The van der Waals surface area contributed by atoms with Crippen LogP contribution >= 0.6 is 0 Å². The van der Waals surface area contributed by atoms with Gasteiger partial charge in [0.1, 0.15) is 17.4 Å². The molecule has 1 fully saturated rings. The third-order valence-electron chi connectivity index (χ3n) is 5.96. The first kappa shape index (κ1) is 20.9. The molecule has 1 N–H and O–H groups in total. The summed E-state index contributed by atoms with van der Waals surface area (Å²) in [5, 5.41) is 20.7. The van der Waals surface area contributed by atoms with Crippen molar-refractivity contribution in [3.63, 3.8) is 0 Å². The van der Waals surface area contributed by atoms with Gasteiger partial charge in [-0.25, -0.2) is 9.37 Å². The van der Waals surface area contributed by atoms with Crippen LogP contribution in [0.25, 0.3) is 16.7 Å². The van der Waals surface area contributed by atoms with Crippen molar-refractivity contribution in [3.05, 3.63) is 88.5 Å². The lowest BCUT2D eigenvalue weighted by Gasteiger charge is -2.36. The third-order valence-corrected chi connectivity index (χ3v) is 5.96. The van der Waals surface area contributed by atoms with Crippen molar-refractivity contribution in [3.8, 4) is 11.4 Å². The summed E-state index contributed by atoms with van der Waals surface area (Å²) in [5.74, 6) is 0.665. The number of piperazine rings is 1. The number of nitrogens with zero attached hydrogens (tertiary/aromatic N) is 5. The van der Waals surface area contributed by atoms with Crippen molar-refractivity contribution in [2.75, 3.05) is 31.1 Å². The molecule has 33 heavy (non-hydrogen) atoms. The smallest absolute Gasteiger partial charge is 0.271 e. The summed E-state index contributed by atoms with van der Waals surface area (Å²) >= 11 is 0. The summed E-state index contributed by atoms with van der Waals surface area (Å²) in [6.07, 6.45) is 0. The number of aromatic nitrogens is 2. The number of aromatic hydroxyl groups is 1. The van der Waals surface area contributed by atoms with Gasteiger partial charge in [0.2, 0.25) is 0 Å². The maximum Gasteiger partial charge on any atom is 0.271 e. The largest absolute Gasteiger partial charge is 0.508 e. The van der Waals surface area contributed by atoms with Gasteiger partial charge in [-0.3, -0.25) is 19.6 Å². The van der Waals surface area contributed by atoms with Gasteiger partial charge >= 0.3 is 0 Å². The standard InChI is InChI=1S/C24H22FN5O3/c25-17-1-3-19(4-2-17)29-23-10-7-20(30(32)33)15-22(23)26-24(29)16-27-11-13-28(14-12-27)18-5-8-21(31)9-6-18/h1-10,15,31H,11-14,16H2. The molecule has 168 valence electrons. The predicted molar refractivity (Wildman–Crippen MR) is 123 cm³/mol. The van der Waals surface area contributed by atoms with E-state index in [4.69, 9.17) is 4.98 Å². The molecule has 0 radical (unpaired) electrons. The van der Waals surface area contributed by atoms with Gasteiger partial charge in [-0.1, -0.05) is 0 Å². The molecule has 1 saturated heterocycles. The Morgan fingerprint density at radius 1 is 0.939 bits per heavy atom. The fourth-order valence-electron chi connectivity index (χ4n) is 4.24. The van der Waals surface area contributed by atoms with Crippen LogP contribution in [-0.2, 0) is 6.54 Å². The quantitative estimate of drug-likeness (QED) is 0.366. The number of hydrogen-bond donors (Lipinski definition) is 1. The first-order valence-electron chi connectivity index (χ1n) is 10.7. The topological polar surface area (TPSA) is 87.7 Å². The number of hydrogen-bond acceptors (Lipinski definition) is 6. The molecular formula is C24H22FN5O3. The Morgan fingerprint density at radius 3 is 2.27 bits per heavy atom. The van der Waals surface area contributed by atoms with Gasteiger partial charge in [-0.2, -0.15) is 0 Å². The Labute approximate surface area is 189 Å². The maximum absolute atomic E-state index is 13.5. The van der Waals surface area contributed by atoms with Crippen LogP contribution in [0.5, 0.6) is 5.75 Å². The highest BCUT2D eigenvalue weighted by atomic mass is 19.1. The van der Waals surface area contributed by atoms with Crippen LogP contribution in [0.2, 0.25) is 0 Å². The molecule has 0 spiro atoms. The van der Waals surface area contributed by atoms with E-state index in [0.29, 0.717) is 12.1 Å². The highest BCUT2D eigenvalue weighted by Crippen LogP contribution is 2.27. The van der Waals surface area contributed by atoms with Crippen molar-refractivity contribution < 1.29 is 14.4 Å². The number of fused-ring (bicyclic) bond motifs is 1. The van der Waals surface area contributed by atoms with E-state index < -0.39 is 4.92 Å². The lowest BCUT2D eigenvalue weighted by Crippen LogP contribution is -2.46. The molecule has 1 aliphatic heterocycles. The van der Waals surface area contributed by atoms with Crippen LogP contribution in [0.4, 0.5) is 15.8 Å². The number of phenolic OH excluding ortho intramolecular Hbond substituents is 1. The number of phenols is 1. The van der Waals surface area contributed by atoms with Crippen molar-refractivity contribution in [1.82, 2.24) is 14.5 Å². The van der Waals surface area contributed by atoms with Gasteiger partial charge in [0, 0.05) is 49.7 Å². The number of benzene rings is 3. The zero-order valence-electron chi connectivity index (χ0n) is 17.8. The summed E-state index contributed by atoms with van der Waals surface area (Å²) in [4.78, 5) is 20.1. The predicted octanol–water partition coefficient (Wildman–Crippen LogP) is 4.10. The molecule has 2 heterocycles. The second kappa shape index (κ2) is 8.51. The first-order valence-corrected chi connectivity index (χ1v) is 10.7. The fraction of sp³-hybridized carbons (Fsp3) is 0.208. The Morgan fingerprint density at radius 2 is 1.61 bits per heavy atom. The minimum Gasteiger partial charge on any atom is -0.508 e. The van der Waals surface area contributed by atoms with Gasteiger partial charge in [0.25, 0.3) is 5.69 Å². The molecule has 0 bridgehead atoms. The van der Waals surface area contributed by atoms with Crippen LogP contribution in [0.3, 0.4) is 0 Å². The molecule has 3 aromatic carbocycles. The fourth-order valence-corrected chi connectivity index (χ4v) is 4.24. The molecule has 0 saturated carbocycles. The SMILES string of the molecule is O=[N+]([O-])c1ccc2c(c1)nc(CN1CCN(c3ccc(O)cc3)CC1)n2-c1ccc(F)cc1. The molecule has 0 unspecified atom stereocenters. The molecule has 9 heteroatoms. The van der Waals surface area contributed by atoms with Crippen LogP contribution in [0.1, 0.15) is 5.82 Å². The van der Waals surface area contributed by atoms with E-state index in [-0.39, 0.29) is 17.3 Å². The zero-order valence-corrected chi connectivity index (χ0v) is 17.8. The third kappa shape index (κ3) is 4.22. The van der Waals surface area contributed by atoms with Gasteiger partial charge in [0.15, 0.2) is 0 Å². The van der Waals surface area contributed by atoms with Gasteiger partial charge in [-0.05, 0) is 54.6 Å². The molecule has 4 aromatic rings. The molecular weight excluding hydrogens is 425 g/mol. The zero-order chi connectivity index (χ0) is 22.9. The van der Waals surface area contributed by atoms with Crippen molar-refractivity contribution in [2.45, 2.75) is 6.54 Å². The number of imidazole rings is 1. The number of non-ortho nitro benzene ring substituents is 1. The van der Waals surface area contributed by atoms with Gasteiger partial charge < -0.3 is 10.0 Å². The molecule has 5 rings (SSSR count). The molecule has 1 aliphatic rings. The second-order valence-corrected chi connectivity index (χ2v) is 8.05.